The van der Waals surface area contributed by atoms with Crippen molar-refractivity contribution >= 4 is 5.69 Å². The minimum Gasteiger partial charge on any atom is -0.330 e. The van der Waals surface area contributed by atoms with Crippen molar-refractivity contribution < 1.29 is 4.92 Å². The Bertz CT molecular complexity index is 405. The molecule has 0 bridgehead atoms. The van der Waals surface area contributed by atoms with Gasteiger partial charge in [0.2, 0.25) is 0 Å². The van der Waals surface area contributed by atoms with Crippen LogP contribution in [0.1, 0.15) is 24.8 Å². The Kier molecular flexibility index (Phi) is 4.28. The molecule has 0 radical (unpaired) electrons. The van der Waals surface area contributed by atoms with Gasteiger partial charge in [0, 0.05) is 24.7 Å². The Morgan fingerprint density at radius 2 is 2.06 bits per heavy atom. The van der Waals surface area contributed by atoms with Gasteiger partial charge in [-0.2, -0.15) is 0 Å². The highest BCUT2D eigenvalue weighted by Gasteiger charge is 2.25. The zero-order valence-electron chi connectivity index (χ0n) is 10.3. The molecule has 0 aromatic heterocycles. The minimum atomic E-state index is -0.376. The Morgan fingerprint density at radius 1 is 1.33 bits per heavy atom. The lowest BCUT2D eigenvalue weighted by Crippen LogP contribution is -2.35. The molecule has 98 valence electrons. The van der Waals surface area contributed by atoms with Gasteiger partial charge in [-0.25, -0.2) is 0 Å². The average molecular weight is 249 g/mol. The Morgan fingerprint density at radius 3 is 2.67 bits per heavy atom. The van der Waals surface area contributed by atoms with Crippen LogP contribution in [-0.2, 0) is 6.54 Å². The highest BCUT2D eigenvalue weighted by molar-refractivity contribution is 5.32. The van der Waals surface area contributed by atoms with Crippen molar-refractivity contribution in [3.63, 3.8) is 0 Å². The number of hydrogen-bond acceptors (Lipinski definition) is 4. The first kappa shape index (κ1) is 13.0. The summed E-state index contributed by atoms with van der Waals surface area (Å²) < 4.78 is 0. The number of nitro groups is 1. The lowest BCUT2D eigenvalue weighted by atomic mass is 10.0. The molecule has 1 aliphatic carbocycles. The summed E-state index contributed by atoms with van der Waals surface area (Å²) in [4.78, 5) is 10.2. The van der Waals surface area contributed by atoms with Crippen molar-refractivity contribution in [2.75, 3.05) is 6.54 Å². The fraction of sp³-hybridized carbons (Fsp3) is 0.538. The maximum Gasteiger partial charge on any atom is 0.269 e. The van der Waals surface area contributed by atoms with Crippen LogP contribution in [0.5, 0.6) is 0 Å². The molecule has 0 heterocycles. The van der Waals surface area contributed by atoms with Gasteiger partial charge >= 0.3 is 0 Å². The van der Waals surface area contributed by atoms with Crippen molar-refractivity contribution in [1.82, 2.24) is 5.32 Å². The van der Waals surface area contributed by atoms with Crippen LogP contribution in [0.3, 0.4) is 0 Å². The molecule has 2 rings (SSSR count). The van der Waals surface area contributed by atoms with Crippen LogP contribution in [0, 0.1) is 16.0 Å². The van der Waals surface area contributed by atoms with Crippen molar-refractivity contribution in [2.24, 2.45) is 11.7 Å². The molecular weight excluding hydrogens is 230 g/mol. The molecule has 3 N–H and O–H groups in total. The molecule has 2 unspecified atom stereocenters. The second-order valence-corrected chi connectivity index (χ2v) is 4.84. The van der Waals surface area contributed by atoms with Crippen LogP contribution >= 0.6 is 0 Å². The predicted molar refractivity (Wildman–Crippen MR) is 70.1 cm³/mol. The van der Waals surface area contributed by atoms with E-state index < -0.39 is 0 Å². The van der Waals surface area contributed by atoms with Crippen LogP contribution in [0.25, 0.3) is 0 Å². The molecule has 18 heavy (non-hydrogen) atoms. The van der Waals surface area contributed by atoms with E-state index in [1.807, 2.05) is 0 Å². The molecule has 1 saturated carbocycles. The molecule has 2 atom stereocenters. The van der Waals surface area contributed by atoms with Crippen LogP contribution < -0.4 is 11.1 Å². The Hall–Kier alpha value is -1.46. The monoisotopic (exact) mass is 249 g/mol. The fourth-order valence-electron chi connectivity index (χ4n) is 2.57. The molecule has 5 nitrogen and oxygen atoms in total. The fourth-order valence-corrected chi connectivity index (χ4v) is 2.57. The number of nitrogens with two attached hydrogens (primary N) is 1. The molecule has 1 aromatic carbocycles. The number of non-ortho nitro benzene ring substituents is 1. The van der Waals surface area contributed by atoms with Crippen molar-refractivity contribution in [3.05, 3.63) is 39.9 Å². The summed E-state index contributed by atoms with van der Waals surface area (Å²) in [7, 11) is 0. The number of benzene rings is 1. The van der Waals surface area contributed by atoms with Gasteiger partial charge in [0.1, 0.15) is 0 Å². The molecule has 5 heteroatoms. The summed E-state index contributed by atoms with van der Waals surface area (Å²) in [6, 6.07) is 7.19. The summed E-state index contributed by atoms with van der Waals surface area (Å²) in [6.07, 6.45) is 3.61. The van der Waals surface area contributed by atoms with Gasteiger partial charge in [0.05, 0.1) is 4.92 Å². The second-order valence-electron chi connectivity index (χ2n) is 4.84. The first-order valence-corrected chi connectivity index (χ1v) is 6.37. The van der Waals surface area contributed by atoms with E-state index in [0.29, 0.717) is 12.0 Å². The van der Waals surface area contributed by atoms with Gasteiger partial charge in [-0.3, -0.25) is 10.1 Å². The third-order valence-electron chi connectivity index (χ3n) is 3.68. The van der Waals surface area contributed by atoms with Crippen LogP contribution in [0.4, 0.5) is 5.69 Å². The molecule has 1 aliphatic rings. The van der Waals surface area contributed by atoms with Crippen LogP contribution in [0.2, 0.25) is 0 Å². The molecule has 0 saturated heterocycles. The van der Waals surface area contributed by atoms with E-state index >= 15 is 0 Å². The summed E-state index contributed by atoms with van der Waals surface area (Å²) in [5.41, 5.74) is 6.94. The van der Waals surface area contributed by atoms with Crippen LogP contribution in [0.15, 0.2) is 24.3 Å². The normalized spacial score (nSPS) is 23.2. The lowest BCUT2D eigenvalue weighted by molar-refractivity contribution is -0.384. The number of rotatable bonds is 5. The molecule has 1 fully saturated rings. The van der Waals surface area contributed by atoms with Gasteiger partial charge in [-0.15, -0.1) is 0 Å². The number of hydrogen-bond donors (Lipinski definition) is 2. The largest absolute Gasteiger partial charge is 0.330 e. The number of nitro benzene ring substituents is 1. The zero-order chi connectivity index (χ0) is 13.0. The summed E-state index contributed by atoms with van der Waals surface area (Å²) in [6.45, 7) is 1.48. The predicted octanol–water partition coefficient (Wildman–Crippen LogP) is 1.81. The van der Waals surface area contributed by atoms with Crippen LogP contribution in [-0.4, -0.2) is 17.5 Å². The summed E-state index contributed by atoms with van der Waals surface area (Å²) in [5.74, 6) is 0.572. The topological polar surface area (TPSA) is 81.2 Å². The third-order valence-corrected chi connectivity index (χ3v) is 3.68. The van der Waals surface area contributed by atoms with Gasteiger partial charge in [0.25, 0.3) is 5.69 Å². The number of nitrogens with one attached hydrogen (secondary N) is 1. The first-order chi connectivity index (χ1) is 8.70. The minimum absolute atomic E-state index is 0.138. The summed E-state index contributed by atoms with van der Waals surface area (Å²) >= 11 is 0. The van der Waals surface area contributed by atoms with E-state index in [1.54, 1.807) is 24.3 Å². The Balaban J connectivity index is 1.88. The van der Waals surface area contributed by atoms with Gasteiger partial charge < -0.3 is 11.1 Å². The molecular formula is C13H19N3O2. The highest BCUT2D eigenvalue weighted by atomic mass is 16.6. The third kappa shape index (κ3) is 3.05. The Labute approximate surface area is 107 Å². The van der Waals surface area contributed by atoms with Gasteiger partial charge in [0.15, 0.2) is 0 Å². The molecule has 1 aromatic rings. The SMILES string of the molecule is NCC1CCCC1NCc1ccc([N+](=O)[O-])cc1. The zero-order valence-corrected chi connectivity index (χ0v) is 10.3. The van der Waals surface area contributed by atoms with E-state index in [9.17, 15) is 10.1 Å². The van der Waals surface area contributed by atoms with E-state index in [2.05, 4.69) is 5.32 Å². The first-order valence-electron chi connectivity index (χ1n) is 6.37. The number of nitrogens with zero attached hydrogens (tertiary/aromatic N) is 1. The quantitative estimate of drug-likeness (QED) is 0.616. The lowest BCUT2D eigenvalue weighted by Gasteiger charge is -2.19. The molecule has 0 amide bonds. The maximum atomic E-state index is 10.5. The van der Waals surface area contributed by atoms with E-state index in [1.165, 1.54) is 19.3 Å². The second kappa shape index (κ2) is 5.93. The van der Waals surface area contributed by atoms with E-state index in [4.69, 9.17) is 5.73 Å². The van der Waals surface area contributed by atoms with E-state index in [0.717, 1.165) is 18.7 Å². The van der Waals surface area contributed by atoms with E-state index in [-0.39, 0.29) is 10.6 Å². The van der Waals surface area contributed by atoms with Crippen molar-refractivity contribution in [1.29, 1.82) is 0 Å². The molecule has 0 aliphatic heterocycles. The summed E-state index contributed by atoms with van der Waals surface area (Å²) in [5, 5.41) is 14.0. The standard InChI is InChI=1S/C13H19N3O2/c14-8-11-2-1-3-13(11)15-9-10-4-6-12(7-5-10)16(17)18/h4-7,11,13,15H,1-3,8-9,14H2. The van der Waals surface area contributed by atoms with Gasteiger partial charge in [-0.05, 0) is 30.9 Å². The average Bonchev–Trinajstić information content (AvgIpc) is 2.84. The van der Waals surface area contributed by atoms with Gasteiger partial charge in [-0.1, -0.05) is 18.6 Å². The smallest absolute Gasteiger partial charge is 0.269 e. The van der Waals surface area contributed by atoms with Crippen molar-refractivity contribution in [2.45, 2.75) is 31.8 Å². The van der Waals surface area contributed by atoms with Crippen molar-refractivity contribution in [3.8, 4) is 0 Å². The molecule has 0 spiro atoms. The highest BCUT2D eigenvalue weighted by Crippen LogP contribution is 2.25. The maximum absolute atomic E-state index is 10.5.